The van der Waals surface area contributed by atoms with Crippen LogP contribution in [0.4, 0.5) is 0 Å². The highest BCUT2D eigenvalue weighted by molar-refractivity contribution is 5.83. The molecule has 3 rings (SSSR count). The van der Waals surface area contributed by atoms with Crippen LogP contribution in [0, 0.1) is 0 Å². The van der Waals surface area contributed by atoms with Crippen LogP contribution in [0.5, 0.6) is 0 Å². The minimum Gasteiger partial charge on any atom is -0.370 e. The number of nitrogens with one attached hydrogen (secondary N) is 1. The molecule has 0 radical (unpaired) electrons. The average molecular weight is 269 g/mol. The van der Waals surface area contributed by atoms with Crippen LogP contribution in [-0.4, -0.2) is 19.2 Å². The van der Waals surface area contributed by atoms with Gasteiger partial charge < -0.3 is 10.1 Å². The summed E-state index contributed by atoms with van der Waals surface area (Å²) < 4.78 is 6.14. The number of hydrogen-bond donors (Lipinski definition) is 1. The maximum atomic E-state index is 6.14. The second-order valence-corrected chi connectivity index (χ2v) is 5.89. The van der Waals surface area contributed by atoms with Crippen LogP contribution in [0.2, 0.25) is 0 Å². The van der Waals surface area contributed by atoms with E-state index >= 15 is 0 Å². The lowest BCUT2D eigenvalue weighted by molar-refractivity contribution is -0.0809. The van der Waals surface area contributed by atoms with Crippen LogP contribution in [0.3, 0.4) is 0 Å². The van der Waals surface area contributed by atoms with Crippen molar-refractivity contribution in [2.24, 2.45) is 0 Å². The molecule has 1 aliphatic heterocycles. The van der Waals surface area contributed by atoms with Gasteiger partial charge in [-0.05, 0) is 48.7 Å². The first-order chi connectivity index (χ1) is 9.71. The fraction of sp³-hybridized carbons (Fsp3) is 0.444. The van der Waals surface area contributed by atoms with Gasteiger partial charge in [-0.25, -0.2) is 0 Å². The largest absolute Gasteiger partial charge is 0.370 e. The number of rotatable bonds is 3. The Morgan fingerprint density at radius 2 is 2.00 bits per heavy atom. The van der Waals surface area contributed by atoms with Crippen molar-refractivity contribution in [3.63, 3.8) is 0 Å². The number of ether oxygens (including phenoxy) is 1. The van der Waals surface area contributed by atoms with E-state index < -0.39 is 0 Å². The van der Waals surface area contributed by atoms with Gasteiger partial charge in [-0.3, -0.25) is 0 Å². The van der Waals surface area contributed by atoms with Crippen LogP contribution in [0.1, 0.15) is 32.3 Å². The van der Waals surface area contributed by atoms with Gasteiger partial charge in [0.1, 0.15) is 0 Å². The first-order valence-electron chi connectivity index (χ1n) is 7.58. The summed E-state index contributed by atoms with van der Waals surface area (Å²) in [5.41, 5.74) is 1.12. The smallest absolute Gasteiger partial charge is 0.0918 e. The first-order valence-corrected chi connectivity index (χ1v) is 7.58. The molecule has 1 heterocycles. The van der Waals surface area contributed by atoms with Crippen molar-refractivity contribution in [2.75, 3.05) is 13.2 Å². The molecule has 2 aromatic carbocycles. The fourth-order valence-corrected chi connectivity index (χ4v) is 3.24. The standard InChI is InChI=1S/C18H23NO/c1-3-19-17-10-11-20-18(2,13-17)16-9-8-14-6-4-5-7-15(14)12-16/h4-9,12,17,19H,3,10-11,13H2,1-2H3. The zero-order chi connectivity index (χ0) is 14.0. The molecule has 2 nitrogen and oxygen atoms in total. The van der Waals surface area contributed by atoms with E-state index in [0.717, 1.165) is 26.0 Å². The van der Waals surface area contributed by atoms with Gasteiger partial charge in [0.05, 0.1) is 5.60 Å². The molecule has 1 fully saturated rings. The molecule has 0 saturated carbocycles. The Labute approximate surface area is 121 Å². The van der Waals surface area contributed by atoms with Crippen molar-refractivity contribution in [1.82, 2.24) is 5.32 Å². The molecule has 1 aliphatic rings. The van der Waals surface area contributed by atoms with Gasteiger partial charge >= 0.3 is 0 Å². The van der Waals surface area contributed by atoms with Crippen molar-refractivity contribution in [3.05, 3.63) is 48.0 Å². The van der Waals surface area contributed by atoms with Crippen molar-refractivity contribution in [2.45, 2.75) is 38.3 Å². The van der Waals surface area contributed by atoms with Gasteiger partial charge in [0.2, 0.25) is 0 Å². The lowest BCUT2D eigenvalue weighted by atomic mass is 9.85. The van der Waals surface area contributed by atoms with Gasteiger partial charge in [0.25, 0.3) is 0 Å². The second kappa shape index (κ2) is 5.55. The zero-order valence-corrected chi connectivity index (χ0v) is 12.4. The van der Waals surface area contributed by atoms with E-state index in [2.05, 4.69) is 61.6 Å². The molecule has 0 amide bonds. The Bertz CT molecular complexity index is 593. The van der Waals surface area contributed by atoms with Gasteiger partial charge in [-0.1, -0.05) is 43.3 Å². The quantitative estimate of drug-likeness (QED) is 0.914. The third-order valence-corrected chi connectivity index (χ3v) is 4.38. The Hall–Kier alpha value is -1.38. The summed E-state index contributed by atoms with van der Waals surface area (Å²) in [6.45, 7) is 6.25. The fourth-order valence-electron chi connectivity index (χ4n) is 3.24. The van der Waals surface area contributed by atoms with Gasteiger partial charge in [0, 0.05) is 12.6 Å². The number of fused-ring (bicyclic) bond motifs is 1. The van der Waals surface area contributed by atoms with Crippen LogP contribution in [0.15, 0.2) is 42.5 Å². The van der Waals surface area contributed by atoms with Crippen LogP contribution >= 0.6 is 0 Å². The van der Waals surface area contributed by atoms with Crippen molar-refractivity contribution < 1.29 is 4.74 Å². The summed E-state index contributed by atoms with van der Waals surface area (Å²) in [6, 6.07) is 15.8. The molecule has 1 N–H and O–H groups in total. The highest BCUT2D eigenvalue weighted by Crippen LogP contribution is 2.36. The van der Waals surface area contributed by atoms with E-state index in [1.165, 1.54) is 16.3 Å². The third kappa shape index (κ3) is 2.58. The van der Waals surface area contributed by atoms with Crippen molar-refractivity contribution in [1.29, 1.82) is 0 Å². The topological polar surface area (TPSA) is 21.3 Å². The predicted octanol–water partition coefficient (Wildman–Crippen LogP) is 3.84. The Morgan fingerprint density at radius 1 is 1.20 bits per heavy atom. The molecular weight excluding hydrogens is 246 g/mol. The zero-order valence-electron chi connectivity index (χ0n) is 12.4. The molecule has 106 valence electrons. The third-order valence-electron chi connectivity index (χ3n) is 4.38. The number of hydrogen-bond acceptors (Lipinski definition) is 2. The molecule has 0 aliphatic carbocycles. The van der Waals surface area contributed by atoms with Crippen molar-refractivity contribution >= 4 is 10.8 Å². The van der Waals surface area contributed by atoms with Gasteiger partial charge in [-0.2, -0.15) is 0 Å². The Kier molecular flexibility index (Phi) is 3.77. The summed E-state index contributed by atoms with van der Waals surface area (Å²) in [7, 11) is 0. The molecule has 0 spiro atoms. The molecule has 2 unspecified atom stereocenters. The van der Waals surface area contributed by atoms with E-state index in [4.69, 9.17) is 4.74 Å². The minimum absolute atomic E-state index is 0.172. The van der Waals surface area contributed by atoms with Crippen molar-refractivity contribution in [3.8, 4) is 0 Å². The van der Waals surface area contributed by atoms with Crippen LogP contribution in [-0.2, 0) is 10.3 Å². The van der Waals surface area contributed by atoms with E-state index in [1.807, 2.05) is 0 Å². The Balaban J connectivity index is 1.92. The summed E-state index contributed by atoms with van der Waals surface area (Å²) in [4.78, 5) is 0. The van der Waals surface area contributed by atoms with E-state index in [9.17, 15) is 0 Å². The van der Waals surface area contributed by atoms with E-state index in [-0.39, 0.29) is 5.60 Å². The maximum absolute atomic E-state index is 6.14. The highest BCUT2D eigenvalue weighted by atomic mass is 16.5. The molecule has 2 heteroatoms. The molecule has 0 aromatic heterocycles. The number of benzene rings is 2. The summed E-state index contributed by atoms with van der Waals surface area (Å²) in [5, 5.41) is 6.15. The van der Waals surface area contributed by atoms with Gasteiger partial charge in [0.15, 0.2) is 0 Å². The summed E-state index contributed by atoms with van der Waals surface area (Å²) >= 11 is 0. The molecule has 2 aromatic rings. The molecule has 0 bridgehead atoms. The normalized spacial score (nSPS) is 26.8. The maximum Gasteiger partial charge on any atom is 0.0918 e. The Morgan fingerprint density at radius 3 is 2.80 bits per heavy atom. The van der Waals surface area contributed by atoms with E-state index in [1.54, 1.807) is 0 Å². The minimum atomic E-state index is -0.172. The molecule has 1 saturated heterocycles. The monoisotopic (exact) mass is 269 g/mol. The average Bonchev–Trinajstić information content (AvgIpc) is 2.47. The predicted molar refractivity (Wildman–Crippen MR) is 84.0 cm³/mol. The SMILES string of the molecule is CCNC1CCOC(C)(c2ccc3ccccc3c2)C1. The van der Waals surface area contributed by atoms with Crippen LogP contribution < -0.4 is 5.32 Å². The summed E-state index contributed by atoms with van der Waals surface area (Å²) in [6.07, 6.45) is 2.15. The first kappa shape index (κ1) is 13.6. The van der Waals surface area contributed by atoms with E-state index in [0.29, 0.717) is 6.04 Å². The van der Waals surface area contributed by atoms with Crippen LogP contribution in [0.25, 0.3) is 10.8 Å². The molecular formula is C18H23NO. The lowest BCUT2D eigenvalue weighted by Gasteiger charge is -2.39. The lowest BCUT2D eigenvalue weighted by Crippen LogP contribution is -2.43. The highest BCUT2D eigenvalue weighted by Gasteiger charge is 2.34. The molecule has 20 heavy (non-hydrogen) atoms. The van der Waals surface area contributed by atoms with Gasteiger partial charge in [-0.15, -0.1) is 0 Å². The summed E-state index contributed by atoms with van der Waals surface area (Å²) in [5.74, 6) is 0. The molecule has 2 atom stereocenters. The second-order valence-electron chi connectivity index (χ2n) is 5.89.